The third-order valence-corrected chi connectivity index (χ3v) is 5.06. The minimum atomic E-state index is -0.827. The highest BCUT2D eigenvalue weighted by Crippen LogP contribution is 2.33. The van der Waals surface area contributed by atoms with E-state index in [1.54, 1.807) is 6.92 Å². The van der Waals surface area contributed by atoms with E-state index in [-0.39, 0.29) is 29.3 Å². The SMILES string of the molecule is CCNC(=O)CCC(C=O)NC(=O)[C@H](CC1CC1)NC(=O)/C=C/c1ccc(Cl)cc1F. The first kappa shape index (κ1) is 24.5. The minimum Gasteiger partial charge on any atom is -0.356 e. The fourth-order valence-corrected chi connectivity index (χ4v) is 3.13. The van der Waals surface area contributed by atoms with Crippen molar-refractivity contribution in [2.45, 2.75) is 51.1 Å². The molecule has 1 unspecified atom stereocenters. The van der Waals surface area contributed by atoms with Crippen LogP contribution in [0.25, 0.3) is 6.08 Å². The van der Waals surface area contributed by atoms with E-state index in [4.69, 9.17) is 11.6 Å². The zero-order chi connectivity index (χ0) is 22.8. The third-order valence-electron chi connectivity index (χ3n) is 4.82. The molecule has 0 heterocycles. The molecule has 1 fully saturated rings. The van der Waals surface area contributed by atoms with Crippen LogP contribution in [0.2, 0.25) is 5.02 Å². The van der Waals surface area contributed by atoms with E-state index in [9.17, 15) is 23.6 Å². The molecule has 3 amide bonds. The normalized spacial score (nSPS) is 15.2. The van der Waals surface area contributed by atoms with Crippen LogP contribution >= 0.6 is 11.6 Å². The molecule has 3 N–H and O–H groups in total. The van der Waals surface area contributed by atoms with Gasteiger partial charge >= 0.3 is 0 Å². The lowest BCUT2D eigenvalue weighted by atomic mass is 10.1. The molecule has 1 aliphatic carbocycles. The lowest BCUT2D eigenvalue weighted by molar-refractivity contribution is -0.129. The average molecular weight is 452 g/mol. The summed E-state index contributed by atoms with van der Waals surface area (Å²) in [5.41, 5.74) is 0.189. The Labute approximate surface area is 185 Å². The van der Waals surface area contributed by atoms with E-state index < -0.39 is 29.7 Å². The Kier molecular flexibility index (Phi) is 9.65. The maximum atomic E-state index is 13.8. The molecule has 2 atom stereocenters. The van der Waals surface area contributed by atoms with E-state index in [0.29, 0.717) is 25.2 Å². The maximum absolute atomic E-state index is 13.8. The first-order valence-corrected chi connectivity index (χ1v) is 10.7. The molecule has 9 heteroatoms. The molecule has 0 aromatic heterocycles. The highest BCUT2D eigenvalue weighted by atomic mass is 35.5. The summed E-state index contributed by atoms with van der Waals surface area (Å²) in [5, 5.41) is 8.09. The summed E-state index contributed by atoms with van der Waals surface area (Å²) in [6.07, 6.45) is 5.69. The van der Waals surface area contributed by atoms with E-state index in [1.165, 1.54) is 18.2 Å². The van der Waals surface area contributed by atoms with Crippen LogP contribution < -0.4 is 16.0 Å². The van der Waals surface area contributed by atoms with Crippen molar-refractivity contribution in [3.8, 4) is 0 Å². The topological polar surface area (TPSA) is 104 Å². The fourth-order valence-electron chi connectivity index (χ4n) is 2.97. The Morgan fingerprint density at radius 1 is 1.26 bits per heavy atom. The Hall–Kier alpha value is -2.74. The highest BCUT2D eigenvalue weighted by molar-refractivity contribution is 6.30. The van der Waals surface area contributed by atoms with Gasteiger partial charge in [0.15, 0.2) is 0 Å². The molecule has 31 heavy (non-hydrogen) atoms. The summed E-state index contributed by atoms with van der Waals surface area (Å²) in [7, 11) is 0. The van der Waals surface area contributed by atoms with Gasteiger partial charge in [0.25, 0.3) is 0 Å². The lowest BCUT2D eigenvalue weighted by Gasteiger charge is -2.20. The number of carbonyl (C=O) groups is 4. The molecule has 1 aromatic rings. The Bertz CT molecular complexity index is 842. The molecule has 1 saturated carbocycles. The van der Waals surface area contributed by atoms with E-state index in [2.05, 4.69) is 16.0 Å². The van der Waals surface area contributed by atoms with Crippen LogP contribution in [-0.4, -0.2) is 42.6 Å². The number of amides is 3. The number of halogens is 2. The quantitative estimate of drug-likeness (QED) is 0.335. The Morgan fingerprint density at radius 2 is 2.00 bits per heavy atom. The molecule has 168 valence electrons. The smallest absolute Gasteiger partial charge is 0.244 e. The molecular formula is C22H27ClFN3O4. The second kappa shape index (κ2) is 12.2. The van der Waals surface area contributed by atoms with E-state index in [1.807, 2.05) is 0 Å². The standard InChI is InChI=1S/C22H27ClFN3O4/c1-2-25-20(29)10-8-17(13-28)26-22(31)19(11-14-3-4-14)27-21(30)9-6-15-5-7-16(23)12-18(15)24/h5-7,9,12-14,17,19H,2-4,8,10-11H2,1H3,(H,25,29)(H,26,31)(H,27,30)/b9-6+/t17?,19-/m0/s1. The van der Waals surface area contributed by atoms with E-state index in [0.717, 1.165) is 25.0 Å². The largest absolute Gasteiger partial charge is 0.356 e. The number of benzene rings is 1. The van der Waals surface area contributed by atoms with Gasteiger partial charge in [-0.15, -0.1) is 0 Å². The maximum Gasteiger partial charge on any atom is 0.244 e. The summed E-state index contributed by atoms with van der Waals surface area (Å²) >= 11 is 5.71. The fraction of sp³-hybridized carbons (Fsp3) is 0.455. The van der Waals surface area contributed by atoms with Gasteiger partial charge in [-0.1, -0.05) is 30.5 Å². The molecule has 0 spiro atoms. The van der Waals surface area contributed by atoms with Gasteiger partial charge in [0.2, 0.25) is 17.7 Å². The van der Waals surface area contributed by atoms with Gasteiger partial charge in [0, 0.05) is 29.6 Å². The third kappa shape index (κ3) is 8.88. The van der Waals surface area contributed by atoms with Crippen molar-refractivity contribution in [2.24, 2.45) is 5.92 Å². The van der Waals surface area contributed by atoms with Crippen molar-refractivity contribution < 1.29 is 23.6 Å². The molecule has 1 aromatic carbocycles. The number of aldehydes is 1. The summed E-state index contributed by atoms with van der Waals surface area (Å²) in [6.45, 7) is 2.28. The van der Waals surface area contributed by atoms with Crippen molar-refractivity contribution in [2.75, 3.05) is 6.54 Å². The van der Waals surface area contributed by atoms with Crippen LogP contribution in [0.4, 0.5) is 4.39 Å². The number of hydrogen-bond acceptors (Lipinski definition) is 4. The molecule has 7 nitrogen and oxygen atoms in total. The van der Waals surface area contributed by atoms with Crippen LogP contribution in [0.5, 0.6) is 0 Å². The lowest BCUT2D eigenvalue weighted by Crippen LogP contribution is -2.50. The molecular weight excluding hydrogens is 425 g/mol. The van der Waals surface area contributed by atoms with Crippen LogP contribution in [0, 0.1) is 11.7 Å². The van der Waals surface area contributed by atoms with Crippen molar-refractivity contribution in [3.05, 3.63) is 40.7 Å². The van der Waals surface area contributed by atoms with Gasteiger partial charge in [0.05, 0.1) is 6.04 Å². The van der Waals surface area contributed by atoms with Gasteiger partial charge in [-0.2, -0.15) is 0 Å². The van der Waals surface area contributed by atoms with Gasteiger partial charge in [-0.05, 0) is 43.9 Å². The van der Waals surface area contributed by atoms with Crippen LogP contribution in [-0.2, 0) is 19.2 Å². The predicted molar refractivity (Wildman–Crippen MR) is 116 cm³/mol. The summed E-state index contributed by atoms with van der Waals surface area (Å²) in [4.78, 5) is 47.9. The van der Waals surface area contributed by atoms with Crippen molar-refractivity contribution >= 4 is 41.7 Å². The number of rotatable bonds is 12. The highest BCUT2D eigenvalue weighted by Gasteiger charge is 2.31. The second-order valence-electron chi connectivity index (χ2n) is 7.48. The van der Waals surface area contributed by atoms with Gasteiger partial charge in [-0.25, -0.2) is 4.39 Å². The Morgan fingerprint density at radius 3 is 2.61 bits per heavy atom. The van der Waals surface area contributed by atoms with Crippen molar-refractivity contribution in [3.63, 3.8) is 0 Å². The minimum absolute atomic E-state index is 0.104. The summed E-state index contributed by atoms with van der Waals surface area (Å²) in [5.74, 6) is -1.48. The van der Waals surface area contributed by atoms with Gasteiger partial charge < -0.3 is 20.7 Å². The Balaban J connectivity index is 1.95. The van der Waals surface area contributed by atoms with Crippen molar-refractivity contribution in [1.29, 1.82) is 0 Å². The monoisotopic (exact) mass is 451 g/mol. The van der Waals surface area contributed by atoms with Crippen LogP contribution in [0.15, 0.2) is 24.3 Å². The summed E-state index contributed by atoms with van der Waals surface area (Å²) in [6, 6.07) is 2.44. The molecule has 1 aliphatic rings. The molecule has 0 aliphatic heterocycles. The number of hydrogen-bond donors (Lipinski definition) is 3. The number of nitrogens with one attached hydrogen (secondary N) is 3. The predicted octanol–water partition coefficient (Wildman–Crippen LogP) is 2.38. The van der Waals surface area contributed by atoms with Gasteiger partial charge in [-0.3, -0.25) is 14.4 Å². The van der Waals surface area contributed by atoms with Crippen LogP contribution in [0.1, 0.15) is 44.6 Å². The molecule has 0 saturated heterocycles. The zero-order valence-electron chi connectivity index (χ0n) is 17.3. The zero-order valence-corrected chi connectivity index (χ0v) is 18.1. The first-order valence-electron chi connectivity index (χ1n) is 10.3. The average Bonchev–Trinajstić information content (AvgIpc) is 3.54. The molecule has 2 rings (SSSR count). The van der Waals surface area contributed by atoms with Crippen LogP contribution in [0.3, 0.4) is 0 Å². The van der Waals surface area contributed by atoms with E-state index >= 15 is 0 Å². The summed E-state index contributed by atoms with van der Waals surface area (Å²) < 4.78 is 13.8. The van der Waals surface area contributed by atoms with Gasteiger partial charge in [0.1, 0.15) is 18.1 Å². The number of carbonyl (C=O) groups excluding carboxylic acids is 4. The second-order valence-corrected chi connectivity index (χ2v) is 7.92. The first-order chi connectivity index (χ1) is 14.8. The van der Waals surface area contributed by atoms with Crippen molar-refractivity contribution in [1.82, 2.24) is 16.0 Å². The molecule has 0 radical (unpaired) electrons. The molecule has 0 bridgehead atoms.